The van der Waals surface area contributed by atoms with Gasteiger partial charge in [0, 0.05) is 24.5 Å². The summed E-state index contributed by atoms with van der Waals surface area (Å²) in [5.74, 6) is -0.370. The fourth-order valence-corrected chi connectivity index (χ4v) is 3.44. The van der Waals surface area contributed by atoms with E-state index in [-0.39, 0.29) is 5.82 Å². The van der Waals surface area contributed by atoms with E-state index in [1.54, 1.807) is 6.07 Å². The maximum absolute atomic E-state index is 13.6. The summed E-state index contributed by atoms with van der Waals surface area (Å²) in [6.45, 7) is 3.93. The first-order valence-corrected chi connectivity index (χ1v) is 6.78. The molecule has 0 aliphatic carbocycles. The van der Waals surface area contributed by atoms with Crippen molar-refractivity contribution < 1.29 is 13.9 Å². The fourth-order valence-electron chi connectivity index (χ4n) is 3.44. The van der Waals surface area contributed by atoms with Crippen molar-refractivity contribution in [2.24, 2.45) is 0 Å². The van der Waals surface area contributed by atoms with Crippen LogP contribution in [0.4, 0.5) is 4.39 Å². The number of benzene rings is 2. The minimum atomic E-state index is -0.811. The molecule has 0 spiro atoms. The fraction of sp³-hybridized carbons (Fsp3) is 0.294. The molecule has 2 nitrogen and oxygen atoms in total. The zero-order valence-electron chi connectivity index (χ0n) is 11.4. The van der Waals surface area contributed by atoms with Crippen LogP contribution in [0.25, 0.3) is 0 Å². The molecule has 0 saturated carbocycles. The highest BCUT2D eigenvalue weighted by molar-refractivity contribution is 5.46. The number of fused-ring (bicyclic) bond motifs is 6. The normalized spacial score (nSPS) is 30.1. The summed E-state index contributed by atoms with van der Waals surface area (Å²) in [6, 6.07) is 12.8. The first kappa shape index (κ1) is 11.9. The quantitative estimate of drug-likeness (QED) is 0.723. The predicted octanol–water partition coefficient (Wildman–Crippen LogP) is 3.88. The summed E-state index contributed by atoms with van der Waals surface area (Å²) in [5.41, 5.74) is 2.47. The summed E-state index contributed by atoms with van der Waals surface area (Å²) < 4.78 is 25.8. The molecule has 2 heterocycles. The maximum Gasteiger partial charge on any atom is 0.235 e. The van der Waals surface area contributed by atoms with E-state index in [1.165, 1.54) is 17.7 Å². The molecule has 2 aromatic rings. The highest BCUT2D eigenvalue weighted by Gasteiger charge is 2.51. The Labute approximate surface area is 117 Å². The standard InChI is InChI=1S/C17H15FO2/c1-16-10-11-5-3-4-6-13(11)17(2,20-16)19-15-8-7-12(18)9-14(15)16/h3-9H,10H2,1-2H3. The Bertz CT molecular complexity index is 712. The Balaban J connectivity index is 1.97. The molecule has 20 heavy (non-hydrogen) atoms. The van der Waals surface area contributed by atoms with Crippen molar-refractivity contribution in [3.63, 3.8) is 0 Å². The lowest BCUT2D eigenvalue weighted by Gasteiger charge is -2.50. The zero-order chi connectivity index (χ0) is 14.0. The first-order valence-electron chi connectivity index (χ1n) is 6.78. The number of halogens is 1. The average Bonchev–Trinajstić information content (AvgIpc) is 2.39. The number of rotatable bonds is 0. The Morgan fingerprint density at radius 2 is 1.85 bits per heavy atom. The Morgan fingerprint density at radius 3 is 2.70 bits per heavy atom. The van der Waals surface area contributed by atoms with Crippen LogP contribution >= 0.6 is 0 Å². The molecule has 4 rings (SSSR count). The Morgan fingerprint density at radius 1 is 1.05 bits per heavy atom. The van der Waals surface area contributed by atoms with E-state index in [2.05, 4.69) is 6.07 Å². The SMILES string of the molecule is CC12Cc3ccccc3C(C)(Oc3ccc(F)cc31)O2. The van der Waals surface area contributed by atoms with E-state index in [1.807, 2.05) is 32.0 Å². The molecule has 0 N–H and O–H groups in total. The van der Waals surface area contributed by atoms with Crippen molar-refractivity contribution >= 4 is 0 Å². The summed E-state index contributed by atoms with van der Waals surface area (Å²) in [5, 5.41) is 0. The van der Waals surface area contributed by atoms with Crippen molar-refractivity contribution in [1.29, 1.82) is 0 Å². The number of hydrogen-bond acceptors (Lipinski definition) is 2. The molecule has 102 valence electrons. The van der Waals surface area contributed by atoms with Crippen LogP contribution in [0.15, 0.2) is 42.5 Å². The maximum atomic E-state index is 13.6. The zero-order valence-corrected chi connectivity index (χ0v) is 11.4. The van der Waals surface area contributed by atoms with Crippen LogP contribution in [0.3, 0.4) is 0 Å². The first-order chi connectivity index (χ1) is 9.50. The third kappa shape index (κ3) is 1.47. The summed E-state index contributed by atoms with van der Waals surface area (Å²) in [4.78, 5) is 0. The van der Waals surface area contributed by atoms with Crippen molar-refractivity contribution in [1.82, 2.24) is 0 Å². The van der Waals surface area contributed by atoms with Gasteiger partial charge in [0.15, 0.2) is 0 Å². The average molecular weight is 270 g/mol. The van der Waals surface area contributed by atoms with Gasteiger partial charge >= 0.3 is 0 Å². The smallest absolute Gasteiger partial charge is 0.235 e. The van der Waals surface area contributed by atoms with Crippen molar-refractivity contribution in [2.75, 3.05) is 0 Å². The molecule has 2 unspecified atom stereocenters. The molecule has 0 amide bonds. The van der Waals surface area contributed by atoms with Crippen LogP contribution in [0.2, 0.25) is 0 Å². The van der Waals surface area contributed by atoms with Gasteiger partial charge in [-0.05, 0) is 30.7 Å². The van der Waals surface area contributed by atoms with Crippen LogP contribution in [-0.4, -0.2) is 0 Å². The lowest BCUT2D eigenvalue weighted by molar-refractivity contribution is -0.275. The Kier molecular flexibility index (Phi) is 2.15. The van der Waals surface area contributed by atoms with Crippen LogP contribution in [0.5, 0.6) is 5.75 Å². The van der Waals surface area contributed by atoms with Gasteiger partial charge in [-0.3, -0.25) is 0 Å². The molecular formula is C17H15FO2. The van der Waals surface area contributed by atoms with Gasteiger partial charge in [0.2, 0.25) is 5.79 Å². The van der Waals surface area contributed by atoms with Crippen LogP contribution in [-0.2, 0) is 22.5 Å². The summed E-state index contributed by atoms with van der Waals surface area (Å²) >= 11 is 0. The van der Waals surface area contributed by atoms with E-state index < -0.39 is 11.4 Å². The molecular weight excluding hydrogens is 255 g/mol. The summed E-state index contributed by atoms with van der Waals surface area (Å²) in [6.07, 6.45) is 0.721. The van der Waals surface area contributed by atoms with Crippen molar-refractivity contribution in [3.8, 4) is 5.75 Å². The number of ether oxygens (including phenoxy) is 2. The van der Waals surface area contributed by atoms with Crippen LogP contribution in [0, 0.1) is 5.82 Å². The van der Waals surface area contributed by atoms with Crippen LogP contribution in [0.1, 0.15) is 30.5 Å². The summed E-state index contributed by atoms with van der Waals surface area (Å²) in [7, 11) is 0. The van der Waals surface area contributed by atoms with Gasteiger partial charge in [0.25, 0.3) is 0 Å². The molecule has 2 aromatic carbocycles. The van der Waals surface area contributed by atoms with Crippen LogP contribution < -0.4 is 4.74 Å². The monoisotopic (exact) mass is 270 g/mol. The second-order valence-electron chi connectivity index (χ2n) is 5.86. The van der Waals surface area contributed by atoms with Gasteiger partial charge in [-0.1, -0.05) is 24.3 Å². The second-order valence-corrected chi connectivity index (χ2v) is 5.86. The Hall–Kier alpha value is -1.87. The number of hydrogen-bond donors (Lipinski definition) is 0. The minimum Gasteiger partial charge on any atom is -0.458 e. The highest BCUT2D eigenvalue weighted by atomic mass is 19.1. The van der Waals surface area contributed by atoms with Gasteiger partial charge < -0.3 is 9.47 Å². The molecule has 2 aliphatic rings. The molecule has 0 saturated heterocycles. The van der Waals surface area contributed by atoms with Crippen molar-refractivity contribution in [2.45, 2.75) is 31.7 Å². The molecule has 3 heteroatoms. The van der Waals surface area contributed by atoms with E-state index in [0.717, 1.165) is 17.5 Å². The van der Waals surface area contributed by atoms with Gasteiger partial charge in [-0.2, -0.15) is 0 Å². The second kappa shape index (κ2) is 3.61. The van der Waals surface area contributed by atoms with Gasteiger partial charge in [-0.15, -0.1) is 0 Å². The molecule has 2 bridgehead atoms. The van der Waals surface area contributed by atoms with E-state index in [0.29, 0.717) is 5.75 Å². The minimum absolute atomic E-state index is 0.264. The molecule has 0 fully saturated rings. The lowest BCUT2D eigenvalue weighted by Crippen LogP contribution is -2.51. The van der Waals surface area contributed by atoms with Gasteiger partial charge in [0.1, 0.15) is 17.2 Å². The van der Waals surface area contributed by atoms with Gasteiger partial charge in [0.05, 0.1) is 0 Å². The third-order valence-electron chi connectivity index (χ3n) is 4.27. The largest absolute Gasteiger partial charge is 0.458 e. The highest BCUT2D eigenvalue weighted by Crippen LogP contribution is 2.52. The molecule has 2 aliphatic heterocycles. The van der Waals surface area contributed by atoms with E-state index in [4.69, 9.17) is 9.47 Å². The predicted molar refractivity (Wildman–Crippen MR) is 73.0 cm³/mol. The molecule has 0 radical (unpaired) electrons. The van der Waals surface area contributed by atoms with Crippen molar-refractivity contribution in [3.05, 3.63) is 65.0 Å². The molecule has 0 aromatic heterocycles. The topological polar surface area (TPSA) is 18.5 Å². The molecule has 2 atom stereocenters. The third-order valence-corrected chi connectivity index (χ3v) is 4.27. The van der Waals surface area contributed by atoms with E-state index in [9.17, 15) is 4.39 Å². The van der Waals surface area contributed by atoms with Gasteiger partial charge in [-0.25, -0.2) is 4.39 Å². The lowest BCUT2D eigenvalue weighted by atomic mass is 9.80. The van der Waals surface area contributed by atoms with E-state index >= 15 is 0 Å².